The van der Waals surface area contributed by atoms with Gasteiger partial charge in [0.1, 0.15) is 11.5 Å². The molecule has 0 atom stereocenters. The molecule has 28 heavy (non-hydrogen) atoms. The number of rotatable bonds is 7. The minimum atomic E-state index is 0.0119. The first-order valence-electron chi connectivity index (χ1n) is 10.3. The second kappa shape index (κ2) is 10.2. The normalized spacial score (nSPS) is 14.8. The van der Waals surface area contributed by atoms with Gasteiger partial charge in [-0.1, -0.05) is 43.2 Å². The Labute approximate surface area is 168 Å². The van der Waals surface area contributed by atoms with Crippen LogP contribution in [0, 0.1) is 0 Å². The molecule has 0 bridgehead atoms. The molecule has 0 aliphatic carbocycles. The summed E-state index contributed by atoms with van der Waals surface area (Å²) in [4.78, 5) is 26.5. The maximum Gasteiger partial charge on any atom is 0.272 e. The Morgan fingerprint density at radius 1 is 1.07 bits per heavy atom. The first kappa shape index (κ1) is 20.3. The van der Waals surface area contributed by atoms with E-state index in [9.17, 15) is 4.79 Å². The van der Waals surface area contributed by atoms with Gasteiger partial charge in [0.2, 0.25) is 0 Å². The average Bonchev–Trinajstić information content (AvgIpc) is 3.00. The zero-order valence-electron chi connectivity index (χ0n) is 17.0. The maximum absolute atomic E-state index is 13.1. The fourth-order valence-electron chi connectivity index (χ4n) is 3.41. The van der Waals surface area contributed by atoms with Gasteiger partial charge in [0, 0.05) is 31.3 Å². The number of amides is 1. The molecule has 0 unspecified atom stereocenters. The molecule has 150 valence electrons. The Hall–Kier alpha value is -2.47. The highest BCUT2D eigenvalue weighted by Gasteiger charge is 2.20. The molecule has 2 aromatic rings. The maximum atomic E-state index is 13.1. The van der Waals surface area contributed by atoms with Crippen LogP contribution in [0.15, 0.2) is 36.4 Å². The van der Waals surface area contributed by atoms with E-state index >= 15 is 0 Å². The fourth-order valence-corrected chi connectivity index (χ4v) is 3.41. The van der Waals surface area contributed by atoms with Crippen LogP contribution in [0.4, 0.5) is 5.82 Å². The monoisotopic (exact) mass is 381 g/mol. The number of aromatic nitrogens is 2. The lowest BCUT2D eigenvalue weighted by atomic mass is 10.2. The summed E-state index contributed by atoms with van der Waals surface area (Å²) in [6.45, 7) is 3.44. The van der Waals surface area contributed by atoms with Crippen molar-refractivity contribution in [3.8, 4) is 11.4 Å². The summed E-state index contributed by atoms with van der Waals surface area (Å²) in [5.74, 6) is 1.32. The van der Waals surface area contributed by atoms with Crippen molar-refractivity contribution in [1.29, 1.82) is 0 Å². The van der Waals surface area contributed by atoms with Crippen LogP contribution >= 0.6 is 0 Å². The van der Waals surface area contributed by atoms with E-state index in [0.717, 1.165) is 51.0 Å². The standard InChI is InChI=1S/C22H31N5O/c1-26(2)14-10-13-23-20-17-19(22(28)27-15-8-3-4-9-16-27)24-21(25-20)18-11-6-5-7-12-18/h5-7,11-12,17H,3-4,8-10,13-16H2,1-2H3,(H,23,24,25). The van der Waals surface area contributed by atoms with Crippen LogP contribution in [-0.2, 0) is 0 Å². The second-order valence-electron chi connectivity index (χ2n) is 7.62. The van der Waals surface area contributed by atoms with E-state index in [2.05, 4.69) is 34.3 Å². The van der Waals surface area contributed by atoms with Crippen molar-refractivity contribution >= 4 is 11.7 Å². The number of benzene rings is 1. The summed E-state index contributed by atoms with van der Waals surface area (Å²) < 4.78 is 0. The Morgan fingerprint density at radius 3 is 2.46 bits per heavy atom. The summed E-state index contributed by atoms with van der Waals surface area (Å²) in [6, 6.07) is 11.7. The van der Waals surface area contributed by atoms with Gasteiger partial charge in [-0.25, -0.2) is 9.97 Å². The zero-order valence-corrected chi connectivity index (χ0v) is 17.0. The van der Waals surface area contributed by atoms with Gasteiger partial charge in [-0.15, -0.1) is 0 Å². The molecule has 1 amide bonds. The van der Waals surface area contributed by atoms with Gasteiger partial charge in [-0.2, -0.15) is 0 Å². The summed E-state index contributed by atoms with van der Waals surface area (Å²) in [7, 11) is 4.13. The van der Waals surface area contributed by atoms with Crippen LogP contribution in [0.5, 0.6) is 0 Å². The van der Waals surface area contributed by atoms with Crippen LogP contribution in [-0.4, -0.2) is 65.9 Å². The highest BCUT2D eigenvalue weighted by Crippen LogP contribution is 2.20. The molecule has 1 aliphatic rings. The van der Waals surface area contributed by atoms with Crippen LogP contribution in [0.25, 0.3) is 11.4 Å². The molecule has 1 N–H and O–H groups in total. The number of hydrogen-bond acceptors (Lipinski definition) is 5. The highest BCUT2D eigenvalue weighted by molar-refractivity contribution is 5.93. The van der Waals surface area contributed by atoms with Gasteiger partial charge < -0.3 is 15.1 Å². The van der Waals surface area contributed by atoms with Crippen molar-refractivity contribution in [3.05, 3.63) is 42.1 Å². The SMILES string of the molecule is CN(C)CCCNc1cc(C(=O)N2CCCCCC2)nc(-c2ccccc2)n1. The van der Waals surface area contributed by atoms with E-state index in [4.69, 9.17) is 0 Å². The third-order valence-electron chi connectivity index (χ3n) is 4.96. The van der Waals surface area contributed by atoms with Crippen molar-refractivity contribution < 1.29 is 4.79 Å². The molecule has 1 aromatic carbocycles. The lowest BCUT2D eigenvalue weighted by Crippen LogP contribution is -2.32. The molecule has 1 fully saturated rings. The molecular weight excluding hydrogens is 350 g/mol. The third kappa shape index (κ3) is 5.76. The predicted molar refractivity (Wildman–Crippen MR) is 114 cm³/mol. The molecule has 6 nitrogen and oxygen atoms in total. The zero-order chi connectivity index (χ0) is 19.8. The fraction of sp³-hybridized carbons (Fsp3) is 0.500. The number of carbonyl (C=O) groups excluding carboxylic acids is 1. The minimum absolute atomic E-state index is 0.0119. The van der Waals surface area contributed by atoms with Gasteiger partial charge >= 0.3 is 0 Å². The summed E-state index contributed by atoms with van der Waals surface area (Å²) >= 11 is 0. The average molecular weight is 382 g/mol. The van der Waals surface area contributed by atoms with E-state index in [0.29, 0.717) is 17.3 Å². The number of nitrogens with zero attached hydrogens (tertiary/aromatic N) is 4. The second-order valence-corrected chi connectivity index (χ2v) is 7.62. The van der Waals surface area contributed by atoms with Crippen LogP contribution in [0.1, 0.15) is 42.6 Å². The van der Waals surface area contributed by atoms with Crippen molar-refractivity contribution in [2.45, 2.75) is 32.1 Å². The van der Waals surface area contributed by atoms with Crippen LogP contribution in [0.2, 0.25) is 0 Å². The first-order chi connectivity index (χ1) is 13.6. The quantitative estimate of drug-likeness (QED) is 0.744. The number of hydrogen-bond donors (Lipinski definition) is 1. The first-order valence-corrected chi connectivity index (χ1v) is 10.3. The number of anilines is 1. The molecule has 3 rings (SSSR count). The van der Waals surface area contributed by atoms with Gasteiger partial charge in [0.15, 0.2) is 5.82 Å². The summed E-state index contributed by atoms with van der Waals surface area (Å²) in [6.07, 6.45) is 5.53. The van der Waals surface area contributed by atoms with Crippen molar-refractivity contribution in [3.63, 3.8) is 0 Å². The Kier molecular flexibility index (Phi) is 7.37. The van der Waals surface area contributed by atoms with Gasteiger partial charge in [0.25, 0.3) is 5.91 Å². The van der Waals surface area contributed by atoms with Gasteiger partial charge in [-0.3, -0.25) is 4.79 Å². The molecule has 0 radical (unpaired) electrons. The molecule has 1 aromatic heterocycles. The molecule has 1 aliphatic heterocycles. The smallest absolute Gasteiger partial charge is 0.272 e. The van der Waals surface area contributed by atoms with Crippen LogP contribution in [0.3, 0.4) is 0 Å². The van der Waals surface area contributed by atoms with E-state index in [-0.39, 0.29) is 5.91 Å². The topological polar surface area (TPSA) is 61.4 Å². The molecule has 0 saturated carbocycles. The summed E-state index contributed by atoms with van der Waals surface area (Å²) in [5, 5.41) is 3.37. The molecular formula is C22H31N5O. The van der Waals surface area contributed by atoms with Crippen molar-refractivity contribution in [2.75, 3.05) is 45.6 Å². The predicted octanol–water partition coefficient (Wildman–Crippen LogP) is 3.52. The number of carbonyl (C=O) groups is 1. The van der Waals surface area contributed by atoms with E-state index < -0.39 is 0 Å². The Morgan fingerprint density at radius 2 is 1.79 bits per heavy atom. The van der Waals surface area contributed by atoms with Gasteiger partial charge in [0.05, 0.1) is 0 Å². The molecule has 0 spiro atoms. The van der Waals surface area contributed by atoms with E-state index in [1.807, 2.05) is 35.2 Å². The Bertz CT molecular complexity index is 755. The molecule has 1 saturated heterocycles. The van der Waals surface area contributed by atoms with E-state index in [1.54, 1.807) is 6.07 Å². The molecule has 2 heterocycles. The van der Waals surface area contributed by atoms with Crippen molar-refractivity contribution in [1.82, 2.24) is 19.8 Å². The largest absolute Gasteiger partial charge is 0.370 e. The van der Waals surface area contributed by atoms with E-state index in [1.165, 1.54) is 12.8 Å². The summed E-state index contributed by atoms with van der Waals surface area (Å²) in [5.41, 5.74) is 1.40. The third-order valence-corrected chi connectivity index (χ3v) is 4.96. The van der Waals surface area contributed by atoms with Gasteiger partial charge in [-0.05, 0) is 39.9 Å². The van der Waals surface area contributed by atoms with Crippen LogP contribution < -0.4 is 5.32 Å². The lowest BCUT2D eigenvalue weighted by molar-refractivity contribution is 0.0756. The Balaban J connectivity index is 1.83. The molecule has 6 heteroatoms. The minimum Gasteiger partial charge on any atom is -0.370 e. The highest BCUT2D eigenvalue weighted by atomic mass is 16.2. The van der Waals surface area contributed by atoms with Crippen molar-refractivity contribution in [2.24, 2.45) is 0 Å². The lowest BCUT2D eigenvalue weighted by Gasteiger charge is -2.20. The number of nitrogens with one attached hydrogen (secondary N) is 1. The number of likely N-dealkylation sites (tertiary alicyclic amines) is 1.